The van der Waals surface area contributed by atoms with Crippen molar-refractivity contribution in [2.24, 2.45) is 0 Å². The molecule has 0 bridgehead atoms. The summed E-state index contributed by atoms with van der Waals surface area (Å²) in [5.41, 5.74) is 6.02. The molecule has 0 heterocycles. The normalized spacial score (nSPS) is 10.2. The fourth-order valence-corrected chi connectivity index (χ4v) is 1.41. The van der Waals surface area contributed by atoms with Crippen LogP contribution in [0.5, 0.6) is 5.75 Å². The fourth-order valence-electron chi connectivity index (χ4n) is 0.916. The highest BCUT2D eigenvalue weighted by atomic mass is 127. The van der Waals surface area contributed by atoms with Crippen LogP contribution in [0.15, 0.2) is 12.1 Å². The lowest BCUT2D eigenvalue weighted by molar-refractivity contribution is 0.234. The minimum absolute atomic E-state index is 0.0484. The number of anilines is 1. The average molecular weight is 311 g/mol. The SMILES string of the molecule is Nc1cc(I)c(F)cc1OCCCO. The van der Waals surface area contributed by atoms with Crippen molar-refractivity contribution in [3.63, 3.8) is 0 Å². The van der Waals surface area contributed by atoms with E-state index in [1.165, 1.54) is 12.1 Å². The number of halogens is 2. The molecule has 0 radical (unpaired) electrons. The van der Waals surface area contributed by atoms with Gasteiger partial charge >= 0.3 is 0 Å². The van der Waals surface area contributed by atoms with Crippen molar-refractivity contribution in [1.29, 1.82) is 0 Å². The number of ether oxygens (including phenoxy) is 1. The van der Waals surface area contributed by atoms with Crippen LogP contribution in [0, 0.1) is 9.39 Å². The van der Waals surface area contributed by atoms with E-state index in [2.05, 4.69) is 0 Å². The molecule has 78 valence electrons. The van der Waals surface area contributed by atoms with Crippen LogP contribution in [0.4, 0.5) is 10.1 Å². The summed E-state index contributed by atoms with van der Waals surface area (Å²) in [7, 11) is 0. The summed E-state index contributed by atoms with van der Waals surface area (Å²) in [4.78, 5) is 0. The number of aliphatic hydroxyl groups excluding tert-OH is 1. The standard InChI is InChI=1S/C9H11FINO2/c10-6-4-9(14-3-1-2-13)8(12)5-7(6)11/h4-5,13H,1-3,12H2. The van der Waals surface area contributed by atoms with E-state index in [4.69, 9.17) is 15.6 Å². The number of hydrogen-bond donors (Lipinski definition) is 2. The molecular weight excluding hydrogens is 300 g/mol. The maximum atomic E-state index is 13.1. The van der Waals surface area contributed by atoms with Gasteiger partial charge in [0.05, 0.1) is 15.9 Å². The predicted molar refractivity (Wildman–Crippen MR) is 60.7 cm³/mol. The topological polar surface area (TPSA) is 55.5 Å². The molecule has 3 N–H and O–H groups in total. The van der Waals surface area contributed by atoms with Gasteiger partial charge in [0, 0.05) is 19.1 Å². The molecule has 0 aliphatic heterocycles. The van der Waals surface area contributed by atoms with Crippen molar-refractivity contribution < 1.29 is 14.2 Å². The lowest BCUT2D eigenvalue weighted by Gasteiger charge is -2.08. The van der Waals surface area contributed by atoms with E-state index in [0.29, 0.717) is 28.0 Å². The Balaban J connectivity index is 2.72. The van der Waals surface area contributed by atoms with Crippen LogP contribution < -0.4 is 10.5 Å². The monoisotopic (exact) mass is 311 g/mol. The Kier molecular flexibility index (Phi) is 4.40. The van der Waals surface area contributed by atoms with E-state index in [1.54, 1.807) is 0 Å². The molecule has 0 saturated heterocycles. The van der Waals surface area contributed by atoms with Crippen LogP contribution in [0.25, 0.3) is 0 Å². The van der Waals surface area contributed by atoms with Gasteiger partial charge in [0.2, 0.25) is 0 Å². The summed E-state index contributed by atoms with van der Waals surface area (Å²) in [6, 6.07) is 2.78. The van der Waals surface area contributed by atoms with Gasteiger partial charge in [-0.3, -0.25) is 0 Å². The molecule has 0 amide bonds. The second kappa shape index (κ2) is 5.35. The largest absolute Gasteiger partial charge is 0.491 e. The molecule has 1 aromatic rings. The Labute approximate surface area is 95.2 Å². The molecule has 0 aliphatic rings. The van der Waals surface area contributed by atoms with E-state index in [0.717, 1.165) is 0 Å². The lowest BCUT2D eigenvalue weighted by Crippen LogP contribution is -2.03. The molecule has 1 aromatic carbocycles. The fraction of sp³-hybridized carbons (Fsp3) is 0.333. The van der Waals surface area contributed by atoms with Gasteiger partial charge in [-0.05, 0) is 28.7 Å². The Hall–Kier alpha value is -0.560. The summed E-state index contributed by atoms with van der Waals surface area (Å²) in [5, 5.41) is 8.53. The number of rotatable bonds is 4. The van der Waals surface area contributed by atoms with Crippen molar-refractivity contribution in [3.8, 4) is 5.75 Å². The van der Waals surface area contributed by atoms with Gasteiger partial charge in [-0.25, -0.2) is 4.39 Å². The molecule has 5 heteroatoms. The predicted octanol–water partition coefficient (Wildman–Crippen LogP) is 1.77. The summed E-state index contributed by atoms with van der Waals surface area (Å²) in [6.07, 6.45) is 0.507. The van der Waals surface area contributed by atoms with Gasteiger partial charge in [0.15, 0.2) is 0 Å². The van der Waals surface area contributed by atoms with E-state index in [-0.39, 0.29) is 12.4 Å². The molecule has 0 atom stereocenters. The molecule has 0 saturated carbocycles. The summed E-state index contributed by atoms with van der Waals surface area (Å²) >= 11 is 1.86. The molecule has 0 fully saturated rings. The minimum Gasteiger partial charge on any atom is -0.491 e. The Morgan fingerprint density at radius 1 is 1.50 bits per heavy atom. The first-order valence-electron chi connectivity index (χ1n) is 4.13. The van der Waals surface area contributed by atoms with Crippen molar-refractivity contribution in [2.45, 2.75) is 6.42 Å². The Bertz CT molecular complexity index is 320. The number of nitrogens with two attached hydrogens (primary N) is 1. The first-order valence-corrected chi connectivity index (χ1v) is 5.21. The van der Waals surface area contributed by atoms with E-state index in [9.17, 15) is 4.39 Å². The first-order chi connectivity index (χ1) is 6.65. The zero-order valence-electron chi connectivity index (χ0n) is 7.46. The molecule has 0 aromatic heterocycles. The van der Waals surface area contributed by atoms with Crippen LogP contribution in [0.3, 0.4) is 0 Å². The first kappa shape index (κ1) is 11.5. The number of hydrogen-bond acceptors (Lipinski definition) is 3. The van der Waals surface area contributed by atoms with Gasteiger partial charge < -0.3 is 15.6 Å². The molecule has 3 nitrogen and oxygen atoms in total. The quantitative estimate of drug-likeness (QED) is 0.506. The third kappa shape index (κ3) is 2.98. The smallest absolute Gasteiger partial charge is 0.145 e. The number of aliphatic hydroxyl groups is 1. The van der Waals surface area contributed by atoms with Gasteiger partial charge in [-0.15, -0.1) is 0 Å². The van der Waals surface area contributed by atoms with Crippen LogP contribution >= 0.6 is 22.6 Å². The van der Waals surface area contributed by atoms with Crippen LogP contribution in [0.1, 0.15) is 6.42 Å². The summed E-state index contributed by atoms with van der Waals surface area (Å²) < 4.78 is 18.7. The molecule has 0 spiro atoms. The highest BCUT2D eigenvalue weighted by Gasteiger charge is 2.06. The number of benzene rings is 1. The van der Waals surface area contributed by atoms with E-state index < -0.39 is 0 Å². The zero-order valence-corrected chi connectivity index (χ0v) is 9.62. The Morgan fingerprint density at radius 2 is 2.21 bits per heavy atom. The van der Waals surface area contributed by atoms with Gasteiger partial charge in [0.25, 0.3) is 0 Å². The molecule has 0 aliphatic carbocycles. The van der Waals surface area contributed by atoms with Crippen molar-refractivity contribution in [1.82, 2.24) is 0 Å². The van der Waals surface area contributed by atoms with Crippen molar-refractivity contribution >= 4 is 28.3 Å². The van der Waals surface area contributed by atoms with Crippen LogP contribution in [-0.2, 0) is 0 Å². The summed E-state index contributed by atoms with van der Waals surface area (Å²) in [5.74, 6) is -0.0184. The second-order valence-corrected chi connectivity index (χ2v) is 3.89. The van der Waals surface area contributed by atoms with Crippen molar-refractivity contribution in [3.05, 3.63) is 21.5 Å². The molecular formula is C9H11FINO2. The van der Waals surface area contributed by atoms with Gasteiger partial charge in [0.1, 0.15) is 11.6 Å². The molecule has 0 unspecified atom stereocenters. The Morgan fingerprint density at radius 3 is 2.86 bits per heavy atom. The van der Waals surface area contributed by atoms with Crippen LogP contribution in [-0.4, -0.2) is 18.3 Å². The third-order valence-electron chi connectivity index (χ3n) is 1.61. The average Bonchev–Trinajstić information content (AvgIpc) is 2.14. The molecule has 1 rings (SSSR count). The maximum absolute atomic E-state index is 13.1. The second-order valence-electron chi connectivity index (χ2n) is 2.73. The zero-order chi connectivity index (χ0) is 10.6. The number of nitrogen functional groups attached to an aromatic ring is 1. The lowest BCUT2D eigenvalue weighted by atomic mass is 10.3. The highest BCUT2D eigenvalue weighted by Crippen LogP contribution is 2.26. The maximum Gasteiger partial charge on any atom is 0.145 e. The van der Waals surface area contributed by atoms with E-state index >= 15 is 0 Å². The summed E-state index contributed by atoms with van der Waals surface area (Å²) in [6.45, 7) is 0.382. The van der Waals surface area contributed by atoms with Crippen molar-refractivity contribution in [2.75, 3.05) is 18.9 Å². The van der Waals surface area contributed by atoms with Gasteiger partial charge in [-0.2, -0.15) is 0 Å². The van der Waals surface area contributed by atoms with Crippen LogP contribution in [0.2, 0.25) is 0 Å². The van der Waals surface area contributed by atoms with E-state index in [1.807, 2.05) is 22.6 Å². The van der Waals surface area contributed by atoms with Gasteiger partial charge in [-0.1, -0.05) is 0 Å². The third-order valence-corrected chi connectivity index (χ3v) is 2.44. The minimum atomic E-state index is -0.348. The molecule has 14 heavy (non-hydrogen) atoms. The highest BCUT2D eigenvalue weighted by molar-refractivity contribution is 14.1.